The average Bonchev–Trinajstić information content (AvgIpc) is 2.80. The maximum atomic E-state index is 5.88. The Hall–Kier alpha value is -1.62. The number of hydrogen-bond donors (Lipinski definition) is 2. The fourth-order valence-electron chi connectivity index (χ4n) is 2.09. The monoisotopic (exact) mass is 247 g/mol. The molecule has 0 saturated heterocycles. The molecule has 0 radical (unpaired) electrons. The highest BCUT2D eigenvalue weighted by Crippen LogP contribution is 2.19. The summed E-state index contributed by atoms with van der Waals surface area (Å²) >= 11 is 0. The molecule has 3 N–H and O–H groups in total. The Morgan fingerprint density at radius 2 is 2.06 bits per heavy atom. The first-order chi connectivity index (χ1) is 8.64. The molecule has 5 nitrogen and oxygen atoms in total. The number of nitrogens with one attached hydrogen (secondary N) is 1. The van der Waals surface area contributed by atoms with Gasteiger partial charge in [0.05, 0.1) is 5.54 Å². The van der Waals surface area contributed by atoms with Crippen molar-refractivity contribution in [3.63, 3.8) is 0 Å². The van der Waals surface area contributed by atoms with Crippen LogP contribution in [0.5, 0.6) is 0 Å². The van der Waals surface area contributed by atoms with Crippen molar-refractivity contribution in [3.8, 4) is 0 Å². The number of nitrogens with two attached hydrogens (primary N) is 1. The molecule has 0 aromatic carbocycles. The molecule has 2 heterocycles. The third-order valence-corrected chi connectivity index (χ3v) is 3.67. The molecule has 0 spiro atoms. The molecule has 0 saturated carbocycles. The van der Waals surface area contributed by atoms with Crippen LogP contribution in [0.25, 0.3) is 5.65 Å². The van der Waals surface area contributed by atoms with Gasteiger partial charge in [-0.05, 0) is 31.9 Å². The summed E-state index contributed by atoms with van der Waals surface area (Å²) in [5, 5.41) is 7.87. The van der Waals surface area contributed by atoms with Crippen molar-refractivity contribution in [1.82, 2.24) is 14.6 Å². The van der Waals surface area contributed by atoms with Crippen molar-refractivity contribution in [3.05, 3.63) is 23.9 Å². The zero-order valence-electron chi connectivity index (χ0n) is 11.3. The Labute approximate surface area is 107 Å². The average molecular weight is 247 g/mol. The highest BCUT2D eigenvalue weighted by atomic mass is 15.4. The molecule has 18 heavy (non-hydrogen) atoms. The van der Waals surface area contributed by atoms with E-state index in [2.05, 4.69) is 29.2 Å². The van der Waals surface area contributed by atoms with E-state index in [4.69, 9.17) is 5.73 Å². The lowest BCUT2D eigenvalue weighted by Gasteiger charge is -2.30. The van der Waals surface area contributed by atoms with E-state index in [1.165, 1.54) is 0 Å². The van der Waals surface area contributed by atoms with E-state index in [9.17, 15) is 0 Å². The summed E-state index contributed by atoms with van der Waals surface area (Å²) < 4.78 is 1.84. The molecule has 2 aromatic heterocycles. The molecule has 98 valence electrons. The molecule has 0 aliphatic carbocycles. The van der Waals surface area contributed by atoms with Crippen molar-refractivity contribution in [1.29, 1.82) is 0 Å². The first kappa shape index (κ1) is 12.8. The summed E-state index contributed by atoms with van der Waals surface area (Å²) in [4.78, 5) is 4.49. The summed E-state index contributed by atoms with van der Waals surface area (Å²) in [6.07, 6.45) is 1.91. The fourth-order valence-corrected chi connectivity index (χ4v) is 2.09. The topological polar surface area (TPSA) is 68.2 Å². The molecule has 2 aromatic rings. The standard InChI is InChI=1S/C13H21N5/c1-4-13(5-2,9-14)16-12-15-11-8-6-7-10(3)18(11)17-12/h6-8H,4-5,9,14H2,1-3H3,(H,16,17). The SMILES string of the molecule is CCC(CC)(CN)Nc1nc2cccc(C)n2n1. The lowest BCUT2D eigenvalue weighted by Crippen LogP contribution is -2.44. The molecule has 0 aliphatic rings. The van der Waals surface area contributed by atoms with Crippen molar-refractivity contribution in [2.75, 3.05) is 11.9 Å². The van der Waals surface area contributed by atoms with Gasteiger partial charge in [0, 0.05) is 12.2 Å². The zero-order chi connectivity index (χ0) is 13.2. The number of anilines is 1. The lowest BCUT2D eigenvalue weighted by molar-refractivity contribution is 0.442. The zero-order valence-corrected chi connectivity index (χ0v) is 11.3. The fraction of sp³-hybridized carbons (Fsp3) is 0.538. The Morgan fingerprint density at radius 3 is 2.61 bits per heavy atom. The molecule has 0 unspecified atom stereocenters. The summed E-state index contributed by atoms with van der Waals surface area (Å²) in [6, 6.07) is 5.95. The van der Waals surface area contributed by atoms with Crippen LogP contribution in [-0.2, 0) is 0 Å². The lowest BCUT2D eigenvalue weighted by atomic mass is 9.93. The minimum Gasteiger partial charge on any atom is -0.346 e. The smallest absolute Gasteiger partial charge is 0.243 e. The third-order valence-electron chi connectivity index (χ3n) is 3.67. The number of hydrogen-bond acceptors (Lipinski definition) is 4. The highest BCUT2D eigenvalue weighted by molar-refractivity contribution is 5.45. The van der Waals surface area contributed by atoms with E-state index >= 15 is 0 Å². The van der Waals surface area contributed by atoms with Gasteiger partial charge >= 0.3 is 0 Å². The van der Waals surface area contributed by atoms with E-state index < -0.39 is 0 Å². The van der Waals surface area contributed by atoms with Crippen LogP contribution in [0.4, 0.5) is 5.95 Å². The van der Waals surface area contributed by atoms with Gasteiger partial charge in [-0.15, -0.1) is 5.10 Å². The minimum absolute atomic E-state index is 0.112. The molecular weight excluding hydrogens is 226 g/mol. The first-order valence-corrected chi connectivity index (χ1v) is 6.45. The second-order valence-corrected chi connectivity index (χ2v) is 4.69. The van der Waals surface area contributed by atoms with Crippen LogP contribution in [0.2, 0.25) is 0 Å². The number of pyridine rings is 1. The van der Waals surface area contributed by atoms with Crippen molar-refractivity contribution in [2.24, 2.45) is 5.73 Å². The second-order valence-electron chi connectivity index (χ2n) is 4.69. The van der Waals surface area contributed by atoms with Gasteiger partial charge in [-0.3, -0.25) is 0 Å². The van der Waals surface area contributed by atoms with E-state index in [-0.39, 0.29) is 5.54 Å². The maximum Gasteiger partial charge on any atom is 0.243 e. The quantitative estimate of drug-likeness (QED) is 0.847. The number of fused-ring (bicyclic) bond motifs is 1. The number of nitrogens with zero attached hydrogens (tertiary/aromatic N) is 3. The predicted molar refractivity (Wildman–Crippen MR) is 73.7 cm³/mol. The van der Waals surface area contributed by atoms with E-state index in [1.807, 2.05) is 29.6 Å². The van der Waals surface area contributed by atoms with Gasteiger partial charge in [0.1, 0.15) is 0 Å². The van der Waals surface area contributed by atoms with Gasteiger partial charge in [-0.2, -0.15) is 4.98 Å². The highest BCUT2D eigenvalue weighted by Gasteiger charge is 2.25. The van der Waals surface area contributed by atoms with Crippen molar-refractivity contribution >= 4 is 11.6 Å². The summed E-state index contributed by atoms with van der Waals surface area (Å²) in [6.45, 7) is 6.85. The van der Waals surface area contributed by atoms with Gasteiger partial charge in [0.25, 0.3) is 0 Å². The molecule has 5 heteroatoms. The van der Waals surface area contributed by atoms with Crippen LogP contribution < -0.4 is 11.1 Å². The Kier molecular flexibility index (Phi) is 3.52. The Balaban J connectivity index is 2.34. The molecule has 0 amide bonds. The van der Waals surface area contributed by atoms with E-state index in [0.29, 0.717) is 12.5 Å². The normalized spacial score (nSPS) is 12.0. The van der Waals surface area contributed by atoms with Gasteiger partial charge in [-0.25, -0.2) is 4.52 Å². The second kappa shape index (κ2) is 4.94. The van der Waals surface area contributed by atoms with Crippen LogP contribution in [-0.4, -0.2) is 26.7 Å². The maximum absolute atomic E-state index is 5.88. The molecule has 0 atom stereocenters. The van der Waals surface area contributed by atoms with Gasteiger partial charge in [0.15, 0.2) is 5.65 Å². The van der Waals surface area contributed by atoms with Crippen LogP contribution in [0.3, 0.4) is 0 Å². The molecule has 0 aliphatic heterocycles. The van der Waals surface area contributed by atoms with Crippen molar-refractivity contribution in [2.45, 2.75) is 39.2 Å². The van der Waals surface area contributed by atoms with Gasteiger partial charge < -0.3 is 11.1 Å². The first-order valence-electron chi connectivity index (χ1n) is 6.45. The summed E-state index contributed by atoms with van der Waals surface area (Å²) in [5.41, 5.74) is 7.69. The van der Waals surface area contributed by atoms with Crippen LogP contribution in [0.1, 0.15) is 32.4 Å². The number of aromatic nitrogens is 3. The van der Waals surface area contributed by atoms with Crippen molar-refractivity contribution < 1.29 is 0 Å². The van der Waals surface area contributed by atoms with Gasteiger partial charge in [0.2, 0.25) is 5.95 Å². The van der Waals surface area contributed by atoms with Crippen LogP contribution >= 0.6 is 0 Å². The molecule has 2 rings (SSSR count). The number of rotatable bonds is 5. The number of aryl methyl sites for hydroxylation is 1. The van der Waals surface area contributed by atoms with Gasteiger partial charge in [-0.1, -0.05) is 19.9 Å². The minimum atomic E-state index is -0.112. The molecule has 0 fully saturated rings. The molecular formula is C13H21N5. The largest absolute Gasteiger partial charge is 0.346 e. The predicted octanol–water partition coefficient (Wildman–Crippen LogP) is 1.97. The van der Waals surface area contributed by atoms with Crippen LogP contribution in [0.15, 0.2) is 18.2 Å². The third kappa shape index (κ3) is 2.18. The summed E-state index contributed by atoms with van der Waals surface area (Å²) in [5.74, 6) is 0.651. The Morgan fingerprint density at radius 1 is 1.33 bits per heavy atom. The summed E-state index contributed by atoms with van der Waals surface area (Å²) in [7, 11) is 0. The Bertz CT molecular complexity index is 519. The van der Waals surface area contributed by atoms with E-state index in [0.717, 1.165) is 24.2 Å². The van der Waals surface area contributed by atoms with Crippen LogP contribution in [0, 0.1) is 6.92 Å². The van der Waals surface area contributed by atoms with E-state index in [1.54, 1.807) is 0 Å². The molecule has 0 bridgehead atoms.